The van der Waals surface area contributed by atoms with E-state index in [0.29, 0.717) is 30.7 Å². The normalized spacial score (nSPS) is 16.5. The Hall–Kier alpha value is -3.29. The molecule has 2 amide bonds. The Morgan fingerprint density at radius 1 is 1.21 bits per heavy atom. The third kappa shape index (κ3) is 3.33. The van der Waals surface area contributed by atoms with E-state index < -0.39 is 0 Å². The first kappa shape index (κ1) is 18.1. The van der Waals surface area contributed by atoms with Gasteiger partial charge >= 0.3 is 0 Å². The molecule has 8 nitrogen and oxygen atoms in total. The number of carbonyl (C=O) groups excluding carboxylic acids is 2. The van der Waals surface area contributed by atoms with Crippen LogP contribution in [0.1, 0.15) is 34.0 Å². The van der Waals surface area contributed by atoms with Gasteiger partial charge in [-0.1, -0.05) is 6.07 Å². The van der Waals surface area contributed by atoms with E-state index in [1.54, 1.807) is 43.4 Å². The molecule has 0 bridgehead atoms. The predicted octanol–water partition coefficient (Wildman–Crippen LogP) is 1.38. The van der Waals surface area contributed by atoms with E-state index >= 15 is 0 Å². The summed E-state index contributed by atoms with van der Waals surface area (Å²) in [5, 5.41) is 4.40. The zero-order valence-electron chi connectivity index (χ0n) is 15.9. The molecule has 0 saturated carbocycles. The Balaban J connectivity index is 1.53. The zero-order chi connectivity index (χ0) is 19.7. The molecule has 144 valence electrons. The molecule has 28 heavy (non-hydrogen) atoms. The highest BCUT2D eigenvalue weighted by Crippen LogP contribution is 2.28. The lowest BCUT2D eigenvalue weighted by molar-refractivity contribution is -0.129. The van der Waals surface area contributed by atoms with Gasteiger partial charge in [-0.15, -0.1) is 0 Å². The molecule has 8 heteroatoms. The fourth-order valence-electron chi connectivity index (χ4n) is 3.63. The Bertz CT molecular complexity index is 1010. The molecule has 3 aromatic heterocycles. The van der Waals surface area contributed by atoms with Crippen LogP contribution in [0.25, 0.3) is 5.65 Å². The first-order valence-corrected chi connectivity index (χ1v) is 9.25. The minimum atomic E-state index is -0.126. The summed E-state index contributed by atoms with van der Waals surface area (Å²) >= 11 is 0. The van der Waals surface area contributed by atoms with Crippen molar-refractivity contribution < 1.29 is 9.59 Å². The zero-order valence-corrected chi connectivity index (χ0v) is 15.9. The Morgan fingerprint density at radius 2 is 2.07 bits per heavy atom. The highest BCUT2D eigenvalue weighted by atomic mass is 16.2. The lowest BCUT2D eigenvalue weighted by Crippen LogP contribution is -2.30. The second kappa shape index (κ2) is 7.38. The van der Waals surface area contributed by atoms with Gasteiger partial charge in [-0.05, 0) is 24.1 Å². The van der Waals surface area contributed by atoms with Crippen LogP contribution in [-0.4, -0.2) is 68.4 Å². The van der Waals surface area contributed by atoms with Gasteiger partial charge in [0.1, 0.15) is 5.56 Å². The second-order valence-electron chi connectivity index (χ2n) is 7.23. The van der Waals surface area contributed by atoms with Crippen LogP contribution in [0.4, 0.5) is 0 Å². The molecule has 0 aromatic carbocycles. The predicted molar refractivity (Wildman–Crippen MR) is 103 cm³/mol. The third-order valence-corrected chi connectivity index (χ3v) is 5.10. The monoisotopic (exact) mass is 378 g/mol. The molecule has 1 fully saturated rings. The number of pyridine rings is 1. The van der Waals surface area contributed by atoms with Crippen molar-refractivity contribution in [2.75, 3.05) is 27.2 Å². The number of fused-ring (bicyclic) bond motifs is 1. The van der Waals surface area contributed by atoms with Crippen molar-refractivity contribution >= 4 is 17.5 Å². The Kier molecular flexibility index (Phi) is 4.77. The summed E-state index contributed by atoms with van der Waals surface area (Å²) in [4.78, 5) is 36.8. The van der Waals surface area contributed by atoms with E-state index in [-0.39, 0.29) is 17.7 Å². The van der Waals surface area contributed by atoms with Gasteiger partial charge in [0.2, 0.25) is 5.91 Å². The van der Waals surface area contributed by atoms with Crippen molar-refractivity contribution in [3.8, 4) is 0 Å². The van der Waals surface area contributed by atoms with Gasteiger partial charge in [-0.3, -0.25) is 14.6 Å². The molecule has 0 unspecified atom stereocenters. The molecule has 1 atom stereocenters. The van der Waals surface area contributed by atoms with Crippen molar-refractivity contribution in [2.45, 2.75) is 18.8 Å². The van der Waals surface area contributed by atoms with Gasteiger partial charge in [0.25, 0.3) is 5.91 Å². The van der Waals surface area contributed by atoms with Gasteiger partial charge in [-0.2, -0.15) is 5.10 Å². The molecule has 1 aliphatic rings. The minimum Gasteiger partial charge on any atom is -0.345 e. The number of hydrogen-bond donors (Lipinski definition) is 0. The molecule has 0 N–H and O–H groups in total. The van der Waals surface area contributed by atoms with Gasteiger partial charge < -0.3 is 9.80 Å². The Labute approximate surface area is 162 Å². The molecule has 3 aromatic rings. The summed E-state index contributed by atoms with van der Waals surface area (Å²) < 4.78 is 1.73. The first-order chi connectivity index (χ1) is 13.5. The highest BCUT2D eigenvalue weighted by molar-refractivity contribution is 5.99. The fourth-order valence-corrected chi connectivity index (χ4v) is 3.63. The van der Waals surface area contributed by atoms with E-state index in [4.69, 9.17) is 0 Å². The maximum Gasteiger partial charge on any atom is 0.258 e. The van der Waals surface area contributed by atoms with Gasteiger partial charge in [0.15, 0.2) is 5.65 Å². The number of nitrogens with zero attached hydrogens (tertiary/aromatic N) is 6. The molecule has 1 saturated heterocycles. The lowest BCUT2D eigenvalue weighted by atomic mass is 10.0. The number of carbonyl (C=O) groups is 2. The van der Waals surface area contributed by atoms with E-state index in [0.717, 1.165) is 17.7 Å². The lowest BCUT2D eigenvalue weighted by Gasteiger charge is -2.17. The smallest absolute Gasteiger partial charge is 0.258 e. The van der Waals surface area contributed by atoms with Crippen LogP contribution in [0.15, 0.2) is 43.0 Å². The van der Waals surface area contributed by atoms with Gasteiger partial charge in [-0.25, -0.2) is 9.50 Å². The fraction of sp³-hybridized carbons (Fsp3) is 0.350. The molecule has 4 rings (SSSR count). The summed E-state index contributed by atoms with van der Waals surface area (Å²) in [5.74, 6) is 0.134. The van der Waals surface area contributed by atoms with Crippen LogP contribution in [0.2, 0.25) is 0 Å². The third-order valence-electron chi connectivity index (χ3n) is 5.10. The average Bonchev–Trinajstić information content (AvgIpc) is 3.35. The summed E-state index contributed by atoms with van der Waals surface area (Å²) in [6, 6.07) is 5.68. The number of likely N-dealkylation sites (tertiary alicyclic amines) is 1. The van der Waals surface area contributed by atoms with Gasteiger partial charge in [0, 0.05) is 51.7 Å². The van der Waals surface area contributed by atoms with Crippen LogP contribution in [-0.2, 0) is 11.2 Å². The van der Waals surface area contributed by atoms with Gasteiger partial charge in [0.05, 0.1) is 18.3 Å². The van der Waals surface area contributed by atoms with Crippen LogP contribution < -0.4 is 0 Å². The van der Waals surface area contributed by atoms with Crippen LogP contribution in [0, 0.1) is 0 Å². The number of rotatable bonds is 4. The highest BCUT2D eigenvalue weighted by Gasteiger charge is 2.29. The molecular formula is C20H22N6O2. The number of hydrogen-bond acceptors (Lipinski definition) is 5. The molecule has 1 aliphatic heterocycles. The maximum absolute atomic E-state index is 12.6. The number of aromatic nitrogens is 4. The minimum absolute atomic E-state index is 0.102. The second-order valence-corrected chi connectivity index (χ2v) is 7.23. The summed E-state index contributed by atoms with van der Waals surface area (Å²) in [7, 11) is 3.41. The SMILES string of the molecule is CN(C)C(=O)c1cnn2c([C@H]3CCN(C(=O)Cc4cccnc4)C3)ccnc12. The quantitative estimate of drug-likeness (QED) is 0.685. The van der Waals surface area contributed by atoms with E-state index in [1.165, 1.54) is 4.90 Å². The summed E-state index contributed by atoms with van der Waals surface area (Å²) in [6.45, 7) is 1.34. The van der Waals surface area contributed by atoms with Crippen molar-refractivity contribution in [2.24, 2.45) is 0 Å². The number of amides is 2. The van der Waals surface area contributed by atoms with Crippen molar-refractivity contribution in [3.05, 3.63) is 59.8 Å². The van der Waals surface area contributed by atoms with Crippen molar-refractivity contribution in [3.63, 3.8) is 0 Å². The standard InChI is InChI=1S/C20H22N6O2/c1-24(2)20(28)16-12-23-26-17(5-8-22-19(16)26)15-6-9-25(13-15)18(27)10-14-4-3-7-21-11-14/h3-5,7-8,11-12,15H,6,9-10,13H2,1-2H3/t15-/m0/s1. The van der Waals surface area contributed by atoms with E-state index in [9.17, 15) is 9.59 Å². The van der Waals surface area contributed by atoms with Crippen molar-refractivity contribution in [1.82, 2.24) is 29.4 Å². The molecule has 0 radical (unpaired) electrons. The topological polar surface area (TPSA) is 83.7 Å². The molecule has 0 aliphatic carbocycles. The maximum atomic E-state index is 12.6. The Morgan fingerprint density at radius 3 is 2.82 bits per heavy atom. The molecule has 0 spiro atoms. The van der Waals surface area contributed by atoms with Crippen LogP contribution in [0.3, 0.4) is 0 Å². The summed E-state index contributed by atoms with van der Waals surface area (Å²) in [5.41, 5.74) is 2.92. The molecule has 4 heterocycles. The summed E-state index contributed by atoms with van der Waals surface area (Å²) in [6.07, 6.45) is 7.91. The van der Waals surface area contributed by atoms with E-state index in [2.05, 4.69) is 15.1 Å². The molecular weight excluding hydrogens is 356 g/mol. The first-order valence-electron chi connectivity index (χ1n) is 9.25. The van der Waals surface area contributed by atoms with E-state index in [1.807, 2.05) is 23.1 Å². The van der Waals surface area contributed by atoms with Crippen molar-refractivity contribution in [1.29, 1.82) is 0 Å². The largest absolute Gasteiger partial charge is 0.345 e. The van der Waals surface area contributed by atoms with Crippen LogP contribution in [0.5, 0.6) is 0 Å². The van der Waals surface area contributed by atoms with Crippen LogP contribution >= 0.6 is 0 Å². The average molecular weight is 378 g/mol.